The van der Waals surface area contributed by atoms with Gasteiger partial charge in [-0.3, -0.25) is 9.10 Å². The summed E-state index contributed by atoms with van der Waals surface area (Å²) in [6, 6.07) is 1.34. The Kier molecular flexibility index (Phi) is 9.08. The molecule has 0 amide bonds. The van der Waals surface area contributed by atoms with Crippen molar-refractivity contribution >= 4 is 21.5 Å². The molecule has 0 aromatic heterocycles. The molecule has 0 saturated carbocycles. The van der Waals surface area contributed by atoms with Crippen molar-refractivity contribution in [1.29, 1.82) is 0 Å². The van der Waals surface area contributed by atoms with Crippen molar-refractivity contribution < 1.29 is 62.9 Å². The summed E-state index contributed by atoms with van der Waals surface area (Å²) in [5.41, 5.74) is -9.55. The summed E-state index contributed by atoms with van der Waals surface area (Å²) in [5, 5.41) is 19.5. The summed E-state index contributed by atoms with van der Waals surface area (Å²) in [6.07, 6.45) is -16.4. The highest BCUT2D eigenvalue weighted by molar-refractivity contribution is 7.92. The summed E-state index contributed by atoms with van der Waals surface area (Å²) < 4.78 is 150. The molecule has 0 spiro atoms. The fraction of sp³-hybridized carbons (Fsp3) is 0.500. The molecule has 1 aliphatic rings. The van der Waals surface area contributed by atoms with Gasteiger partial charge in [0.25, 0.3) is 15.6 Å². The van der Waals surface area contributed by atoms with E-state index in [1.54, 1.807) is 0 Å². The zero-order valence-electron chi connectivity index (χ0n) is 22.0. The Bertz CT molecular complexity index is 1420. The van der Waals surface area contributed by atoms with Crippen molar-refractivity contribution in [1.82, 2.24) is 0 Å². The van der Waals surface area contributed by atoms with Crippen molar-refractivity contribution in [2.24, 2.45) is 0 Å². The number of halogens is 9. The van der Waals surface area contributed by atoms with E-state index in [0.717, 1.165) is 0 Å². The Hall–Kier alpha value is -2.85. The Morgan fingerprint density at radius 2 is 1.57 bits per heavy atom. The molecule has 234 valence electrons. The van der Waals surface area contributed by atoms with Gasteiger partial charge in [-0.05, 0) is 62.9 Å². The van der Waals surface area contributed by atoms with E-state index >= 15 is 0 Å². The Morgan fingerprint density at radius 1 is 0.976 bits per heavy atom. The minimum absolute atomic E-state index is 0.231. The van der Waals surface area contributed by atoms with Crippen LogP contribution >= 0.6 is 0 Å². The number of rotatable bonds is 9. The van der Waals surface area contributed by atoms with Crippen LogP contribution in [-0.4, -0.2) is 54.6 Å². The normalized spacial score (nSPS) is 17.6. The molecule has 2 aromatic rings. The molecule has 42 heavy (non-hydrogen) atoms. The van der Waals surface area contributed by atoms with E-state index in [9.17, 15) is 62.9 Å². The van der Waals surface area contributed by atoms with Crippen LogP contribution in [0.4, 0.5) is 45.2 Å². The highest BCUT2D eigenvalue weighted by atomic mass is 32.2. The number of nitrogens with zero attached hydrogens (tertiary/aromatic N) is 1. The van der Waals surface area contributed by atoms with Gasteiger partial charge >= 0.3 is 12.4 Å². The zero-order valence-corrected chi connectivity index (χ0v) is 22.8. The number of anilines is 1. The highest BCUT2D eigenvalue weighted by Gasteiger charge is 2.71. The van der Waals surface area contributed by atoms with E-state index in [-0.39, 0.29) is 24.5 Å². The summed E-state index contributed by atoms with van der Waals surface area (Å²) in [5.74, 6) is -3.66. The fourth-order valence-corrected chi connectivity index (χ4v) is 6.35. The second kappa shape index (κ2) is 11.3. The van der Waals surface area contributed by atoms with Crippen molar-refractivity contribution in [3.63, 3.8) is 0 Å². The van der Waals surface area contributed by atoms with Gasteiger partial charge in [0.15, 0.2) is 11.6 Å². The number of benzene rings is 2. The summed E-state index contributed by atoms with van der Waals surface area (Å²) >= 11 is 0. The molecule has 2 N–H and O–H groups in total. The Balaban J connectivity index is 2.10. The van der Waals surface area contributed by atoms with Gasteiger partial charge in [0.1, 0.15) is 12.0 Å². The average Bonchev–Trinajstić information content (AvgIpc) is 2.85. The Labute approximate surface area is 234 Å². The van der Waals surface area contributed by atoms with Crippen LogP contribution < -0.4 is 4.31 Å². The molecule has 0 radical (unpaired) electrons. The minimum atomic E-state index is -6.21. The monoisotopic (exact) mass is 635 g/mol. The average molecular weight is 636 g/mol. The first kappa shape index (κ1) is 33.6. The SMILES string of the molecule is CC(C)(O)[C@H](F)CCC(=O)CC1CCc2cc(C(O)(C(F)(F)F)C(F)(F)F)ccc2N1S(=O)(=O)c1ccc(F)c(F)c1. The first-order valence-electron chi connectivity index (χ1n) is 12.4. The number of hydrogen-bond donors (Lipinski definition) is 2. The number of carbonyl (C=O) groups is 1. The maximum atomic E-state index is 14.2. The van der Waals surface area contributed by atoms with Crippen molar-refractivity contribution in [3.8, 4) is 0 Å². The van der Waals surface area contributed by atoms with E-state index < -0.39 is 98.6 Å². The zero-order chi connectivity index (χ0) is 32.1. The van der Waals surface area contributed by atoms with Gasteiger partial charge < -0.3 is 10.2 Å². The second-order valence-corrected chi connectivity index (χ2v) is 12.3. The van der Waals surface area contributed by atoms with E-state index in [1.165, 1.54) is 13.8 Å². The number of fused-ring (bicyclic) bond motifs is 1. The van der Waals surface area contributed by atoms with E-state index in [2.05, 4.69) is 0 Å². The van der Waals surface area contributed by atoms with Gasteiger partial charge in [-0.25, -0.2) is 21.6 Å². The predicted octanol–water partition coefficient (Wildman–Crippen LogP) is 5.64. The van der Waals surface area contributed by atoms with Crippen LogP contribution in [0.1, 0.15) is 50.7 Å². The van der Waals surface area contributed by atoms with Gasteiger partial charge in [0, 0.05) is 18.4 Å². The van der Waals surface area contributed by atoms with Crippen LogP contribution in [0, 0.1) is 11.6 Å². The van der Waals surface area contributed by atoms with Crippen molar-refractivity contribution in [2.75, 3.05) is 4.31 Å². The fourth-order valence-electron chi connectivity index (χ4n) is 4.62. The van der Waals surface area contributed by atoms with Crippen molar-refractivity contribution in [3.05, 3.63) is 59.2 Å². The number of ketones is 1. The first-order valence-corrected chi connectivity index (χ1v) is 13.8. The quantitative estimate of drug-likeness (QED) is 0.348. The number of alkyl halides is 7. The van der Waals surface area contributed by atoms with Gasteiger partial charge in [-0.2, -0.15) is 26.3 Å². The predicted molar refractivity (Wildman–Crippen MR) is 131 cm³/mol. The standard InChI is InChI=1S/C26H26F9NO5S/c1-23(2,38)22(29)10-6-17(37)12-16-5-3-14-11-15(24(39,25(30,31)32)26(33,34)35)4-9-21(14)36(16)42(40,41)18-7-8-19(27)20(28)13-18/h4,7-9,11,13,16,22,38-39H,3,5-6,10,12H2,1-2H3/t16?,22-/m1/s1. The van der Waals surface area contributed by atoms with Crippen LogP contribution in [0.3, 0.4) is 0 Å². The molecule has 2 aromatic carbocycles. The van der Waals surface area contributed by atoms with E-state index in [0.29, 0.717) is 34.6 Å². The van der Waals surface area contributed by atoms with Crippen LogP contribution in [0.2, 0.25) is 0 Å². The number of hydrogen-bond acceptors (Lipinski definition) is 5. The number of sulfonamides is 1. The smallest absolute Gasteiger partial charge is 0.387 e. The van der Waals surface area contributed by atoms with Gasteiger partial charge in [-0.15, -0.1) is 0 Å². The maximum Gasteiger partial charge on any atom is 0.430 e. The summed E-state index contributed by atoms with van der Waals surface area (Å²) in [6.45, 7) is 2.34. The number of aryl methyl sites for hydroxylation is 1. The third kappa shape index (κ3) is 6.39. The number of aliphatic hydroxyl groups is 2. The molecule has 0 fully saturated rings. The molecule has 0 aliphatic carbocycles. The van der Waals surface area contributed by atoms with E-state index in [1.807, 2.05) is 0 Å². The highest BCUT2D eigenvalue weighted by Crippen LogP contribution is 2.51. The minimum Gasteiger partial charge on any atom is -0.387 e. The van der Waals surface area contributed by atoms with Gasteiger partial charge in [-0.1, -0.05) is 12.1 Å². The van der Waals surface area contributed by atoms with Crippen LogP contribution in [0.15, 0.2) is 41.3 Å². The Morgan fingerprint density at radius 3 is 2.10 bits per heavy atom. The number of Topliss-reactive ketones (excluding diaryl/α,β-unsaturated/α-hetero) is 1. The lowest BCUT2D eigenvalue weighted by Gasteiger charge is -2.39. The largest absolute Gasteiger partial charge is 0.430 e. The first-order chi connectivity index (χ1) is 19.0. The van der Waals surface area contributed by atoms with Crippen molar-refractivity contribution in [2.45, 2.75) is 86.6 Å². The lowest BCUT2D eigenvalue weighted by atomic mass is 9.87. The summed E-state index contributed by atoms with van der Waals surface area (Å²) in [7, 11) is -4.92. The van der Waals surface area contributed by atoms with E-state index in [4.69, 9.17) is 0 Å². The van der Waals surface area contributed by atoms with Crippen LogP contribution in [-0.2, 0) is 26.8 Å². The topological polar surface area (TPSA) is 94.9 Å². The maximum absolute atomic E-state index is 14.2. The number of carbonyl (C=O) groups excluding carboxylic acids is 1. The third-order valence-corrected chi connectivity index (χ3v) is 8.85. The molecule has 16 heteroatoms. The second-order valence-electron chi connectivity index (χ2n) is 10.5. The molecule has 2 atom stereocenters. The lowest BCUT2D eigenvalue weighted by Crippen LogP contribution is -2.54. The lowest BCUT2D eigenvalue weighted by molar-refractivity contribution is -0.376. The molecule has 0 saturated heterocycles. The van der Waals surface area contributed by atoms with Crippen LogP contribution in [0.5, 0.6) is 0 Å². The molecular weight excluding hydrogens is 609 g/mol. The molecule has 1 unspecified atom stereocenters. The van der Waals surface area contributed by atoms with Gasteiger partial charge in [0.2, 0.25) is 0 Å². The molecular formula is C26H26F9NO5S. The molecule has 0 bridgehead atoms. The third-order valence-electron chi connectivity index (χ3n) is 6.99. The summed E-state index contributed by atoms with van der Waals surface area (Å²) in [4.78, 5) is 11.9. The van der Waals surface area contributed by atoms with Crippen LogP contribution in [0.25, 0.3) is 0 Å². The molecule has 1 heterocycles. The molecule has 1 aliphatic heterocycles. The molecule has 6 nitrogen and oxygen atoms in total. The van der Waals surface area contributed by atoms with Gasteiger partial charge in [0.05, 0.1) is 22.2 Å². The molecule has 3 rings (SSSR count).